The van der Waals surface area contributed by atoms with Crippen LogP contribution in [0.4, 0.5) is 17.1 Å². The van der Waals surface area contributed by atoms with Gasteiger partial charge in [0.1, 0.15) is 5.82 Å². The molecule has 4 heterocycles. The standard InChI is InChI=1S/C39H28N5.Pt/c1-41-26-42(36-15-7-6-14-35(36)41)29-20-19-28-18-17-27-10-2-4-12-33(27)43(37(28)24-29)30-21-22-32-31-11-3-5-13-34(31)44(38(32)25-30)39-16-8-9-23-40-39;/h2-16,19-23,26H,17-18H2,1H3;/q-1;. The summed E-state index contributed by atoms with van der Waals surface area (Å²) in [6.45, 7) is 0. The molecule has 5 nitrogen and oxygen atoms in total. The van der Waals surface area contributed by atoms with E-state index in [4.69, 9.17) is 4.98 Å². The third-order valence-electron chi connectivity index (χ3n) is 8.87. The van der Waals surface area contributed by atoms with Crippen LogP contribution < -0.4 is 4.90 Å². The van der Waals surface area contributed by atoms with Gasteiger partial charge in [-0.3, -0.25) is 0 Å². The van der Waals surface area contributed by atoms with E-state index < -0.39 is 0 Å². The van der Waals surface area contributed by atoms with Gasteiger partial charge in [-0.05, 0) is 53.8 Å². The molecule has 0 fully saturated rings. The number of hydrogen-bond donors (Lipinski definition) is 0. The van der Waals surface area contributed by atoms with Crippen molar-refractivity contribution in [1.82, 2.24) is 18.7 Å². The fourth-order valence-corrected chi connectivity index (χ4v) is 6.82. The molecule has 0 spiro atoms. The molecule has 0 N–H and O–H groups in total. The van der Waals surface area contributed by atoms with Crippen LogP contribution in [-0.4, -0.2) is 18.7 Å². The Bertz CT molecular complexity index is 2370. The molecular weight excluding hydrogens is 734 g/mol. The Balaban J connectivity index is 0.00000300. The van der Waals surface area contributed by atoms with Gasteiger partial charge in [0.2, 0.25) is 0 Å². The molecule has 0 saturated carbocycles. The number of hydrogen-bond acceptors (Lipinski definition) is 2. The Morgan fingerprint density at radius 1 is 0.644 bits per heavy atom. The van der Waals surface area contributed by atoms with Crippen molar-refractivity contribution in [3.8, 4) is 11.5 Å². The summed E-state index contributed by atoms with van der Waals surface area (Å²) in [4.78, 5) is 7.09. The van der Waals surface area contributed by atoms with Crippen LogP contribution in [-0.2, 0) is 41.0 Å². The number of rotatable bonds is 3. The average Bonchev–Trinajstić information content (AvgIpc) is 3.53. The number of nitrogens with zero attached hydrogens (tertiary/aromatic N) is 5. The van der Waals surface area contributed by atoms with Crippen LogP contribution in [0.25, 0.3) is 44.3 Å². The molecule has 1 aliphatic rings. The van der Waals surface area contributed by atoms with Crippen LogP contribution in [0, 0.1) is 12.1 Å². The smallest absolute Gasteiger partial charge is 0.188 e. The molecule has 0 amide bonds. The summed E-state index contributed by atoms with van der Waals surface area (Å²) in [7, 11) is 2.09. The maximum absolute atomic E-state index is 4.74. The van der Waals surface area contributed by atoms with E-state index in [0.717, 1.165) is 57.7 Å². The number of aromatic nitrogens is 4. The van der Waals surface area contributed by atoms with Crippen LogP contribution in [0.3, 0.4) is 0 Å². The van der Waals surface area contributed by atoms with Gasteiger partial charge in [0.15, 0.2) is 17.4 Å². The van der Waals surface area contributed by atoms with Gasteiger partial charge in [0.25, 0.3) is 0 Å². The summed E-state index contributed by atoms with van der Waals surface area (Å²) in [6.07, 6.45) is 5.89. The van der Waals surface area contributed by atoms with Crippen molar-refractivity contribution in [2.24, 2.45) is 7.05 Å². The van der Waals surface area contributed by atoms with E-state index in [0.29, 0.717) is 0 Å². The summed E-state index contributed by atoms with van der Waals surface area (Å²) in [5, 5.41) is 2.34. The van der Waals surface area contributed by atoms with Gasteiger partial charge >= 0.3 is 0 Å². The third kappa shape index (κ3) is 4.34. The summed E-state index contributed by atoms with van der Waals surface area (Å²) < 4.78 is 6.63. The van der Waals surface area contributed by atoms with Crippen molar-refractivity contribution < 1.29 is 21.1 Å². The first kappa shape index (κ1) is 27.5. The van der Waals surface area contributed by atoms with Crippen molar-refractivity contribution in [2.75, 3.05) is 4.90 Å². The second-order valence-corrected chi connectivity index (χ2v) is 11.4. The molecule has 0 aliphatic carbocycles. The normalized spacial score (nSPS) is 12.6. The Hall–Kier alpha value is -4.99. The van der Waals surface area contributed by atoms with Crippen LogP contribution in [0.1, 0.15) is 11.1 Å². The predicted molar refractivity (Wildman–Crippen MR) is 179 cm³/mol. The summed E-state index contributed by atoms with van der Waals surface area (Å²) >= 11 is 0. The van der Waals surface area contributed by atoms with E-state index in [1.165, 1.54) is 27.7 Å². The monoisotopic (exact) mass is 761 g/mol. The molecule has 5 aromatic carbocycles. The second-order valence-electron chi connectivity index (χ2n) is 11.4. The van der Waals surface area contributed by atoms with Crippen LogP contribution in [0.2, 0.25) is 0 Å². The number of benzene rings is 5. The minimum Gasteiger partial charge on any atom is -0.357 e. The van der Waals surface area contributed by atoms with Gasteiger partial charge in [0.05, 0.1) is 0 Å². The molecule has 0 radical (unpaired) electrons. The fraction of sp³-hybridized carbons (Fsp3) is 0.0769. The Labute approximate surface area is 275 Å². The third-order valence-corrected chi connectivity index (χ3v) is 8.87. The van der Waals surface area contributed by atoms with Crippen LogP contribution in [0.5, 0.6) is 0 Å². The summed E-state index contributed by atoms with van der Waals surface area (Å²) in [5.41, 5.74) is 11.2. The molecule has 0 unspecified atom stereocenters. The molecule has 0 saturated heterocycles. The van der Waals surface area contributed by atoms with Crippen molar-refractivity contribution in [3.05, 3.63) is 151 Å². The van der Waals surface area contributed by atoms with Crippen molar-refractivity contribution in [3.63, 3.8) is 0 Å². The minimum atomic E-state index is 0. The van der Waals surface area contributed by atoms with Gasteiger partial charge in [-0.15, -0.1) is 29.1 Å². The first-order chi connectivity index (χ1) is 21.7. The molecule has 1 aliphatic heterocycles. The Kier molecular flexibility index (Phi) is 6.65. The largest absolute Gasteiger partial charge is 0.357 e. The number of imidazole rings is 1. The van der Waals surface area contributed by atoms with E-state index in [1.54, 1.807) is 0 Å². The molecule has 0 atom stereocenters. The SMILES string of the molecule is Cn1[cH+]n(-c2[c-]c3c(cc2)CCc2ccccc2N3c2[c-]c3c(cc2)c2ccccc2n3-c2ccccn2)c2ccccc21.[Pt]. The number of aryl methyl sites for hydroxylation is 3. The van der Waals surface area contributed by atoms with Crippen LogP contribution in [0.15, 0.2) is 128 Å². The first-order valence-corrected chi connectivity index (χ1v) is 15.0. The van der Waals surface area contributed by atoms with Gasteiger partial charge in [-0.1, -0.05) is 71.8 Å². The van der Waals surface area contributed by atoms with Crippen molar-refractivity contribution in [2.45, 2.75) is 12.8 Å². The quantitative estimate of drug-likeness (QED) is 0.169. The molecule has 45 heavy (non-hydrogen) atoms. The molecule has 3 aromatic heterocycles. The molecule has 6 heteroatoms. The summed E-state index contributed by atoms with van der Waals surface area (Å²) in [6, 6.07) is 48.5. The fourth-order valence-electron chi connectivity index (χ4n) is 6.82. The molecule has 220 valence electrons. The van der Waals surface area contributed by atoms with Gasteiger partial charge in [0, 0.05) is 63.3 Å². The number of anilines is 3. The van der Waals surface area contributed by atoms with Gasteiger partial charge in [-0.2, -0.15) is 12.1 Å². The van der Waals surface area contributed by atoms with E-state index >= 15 is 0 Å². The number of para-hydroxylation sites is 4. The van der Waals surface area contributed by atoms with E-state index in [-0.39, 0.29) is 21.1 Å². The Morgan fingerprint density at radius 3 is 2.24 bits per heavy atom. The molecule has 9 rings (SSSR count). The zero-order chi connectivity index (χ0) is 29.2. The Morgan fingerprint density at radius 2 is 1.38 bits per heavy atom. The maximum atomic E-state index is 4.74. The molecular formula is C39H28N5Pt-. The molecule has 0 bridgehead atoms. The predicted octanol–water partition coefficient (Wildman–Crippen LogP) is 8.91. The average molecular weight is 762 g/mol. The zero-order valence-electron chi connectivity index (χ0n) is 24.6. The van der Waals surface area contributed by atoms with Crippen molar-refractivity contribution >= 4 is 49.9 Å². The summed E-state index contributed by atoms with van der Waals surface area (Å²) in [5.74, 6) is 0.880. The maximum Gasteiger partial charge on any atom is 0.188 e. The number of pyridine rings is 1. The van der Waals surface area contributed by atoms with E-state index in [2.05, 4.69) is 147 Å². The van der Waals surface area contributed by atoms with Gasteiger partial charge in [-0.25, -0.2) is 14.1 Å². The minimum absolute atomic E-state index is 0. The zero-order valence-corrected chi connectivity index (χ0v) is 26.9. The number of fused-ring (bicyclic) bond motifs is 6. The van der Waals surface area contributed by atoms with Crippen LogP contribution >= 0.6 is 0 Å². The van der Waals surface area contributed by atoms with Gasteiger partial charge < -0.3 is 9.47 Å². The van der Waals surface area contributed by atoms with E-state index in [1.807, 2.05) is 18.3 Å². The second kappa shape index (κ2) is 10.9. The van der Waals surface area contributed by atoms with Crippen molar-refractivity contribution in [1.29, 1.82) is 0 Å². The topological polar surface area (TPSA) is 30.9 Å². The molecule has 8 aromatic rings. The first-order valence-electron chi connectivity index (χ1n) is 15.0. The van der Waals surface area contributed by atoms with E-state index in [9.17, 15) is 0 Å².